The van der Waals surface area contributed by atoms with Gasteiger partial charge in [0.05, 0.1) is 5.02 Å². The molecule has 0 aromatic heterocycles. The van der Waals surface area contributed by atoms with Crippen LogP contribution in [0.4, 0.5) is 4.39 Å². The van der Waals surface area contributed by atoms with Crippen LogP contribution in [0.3, 0.4) is 0 Å². The molecule has 2 aromatic rings. The highest BCUT2D eigenvalue weighted by Crippen LogP contribution is 2.25. The van der Waals surface area contributed by atoms with E-state index in [1.807, 2.05) is 30.3 Å². The number of hydrogen-bond donors (Lipinski definition) is 0. The molecule has 0 saturated carbocycles. The maximum Gasteiger partial charge on any atom is 0.142 e. The lowest BCUT2D eigenvalue weighted by Gasteiger charge is -2.15. The topological polar surface area (TPSA) is 0 Å². The van der Waals surface area contributed by atoms with Crippen molar-refractivity contribution in [3.05, 3.63) is 68.9 Å². The summed E-state index contributed by atoms with van der Waals surface area (Å²) in [4.78, 5) is 0. The number of rotatable bonds is 4. The zero-order valence-electron chi connectivity index (χ0n) is 10.0. The third kappa shape index (κ3) is 3.95. The molecule has 0 bridgehead atoms. The summed E-state index contributed by atoms with van der Waals surface area (Å²) in [5.41, 5.74) is 2.05. The normalized spacial score (nSPS) is 12.4. The van der Waals surface area contributed by atoms with Crippen molar-refractivity contribution in [3.63, 3.8) is 0 Å². The fourth-order valence-corrected chi connectivity index (χ4v) is 2.62. The van der Waals surface area contributed by atoms with Gasteiger partial charge in [-0.05, 0) is 41.8 Å². The SMILES string of the molecule is Fc1cc(CC(CCl)c2ccc(Br)cc2)ccc1Cl. The van der Waals surface area contributed by atoms with E-state index in [4.69, 9.17) is 23.2 Å². The molecule has 0 fully saturated rings. The van der Waals surface area contributed by atoms with E-state index >= 15 is 0 Å². The average Bonchev–Trinajstić information content (AvgIpc) is 2.41. The van der Waals surface area contributed by atoms with Gasteiger partial charge in [-0.2, -0.15) is 0 Å². The second kappa shape index (κ2) is 6.74. The molecule has 2 aromatic carbocycles. The van der Waals surface area contributed by atoms with Crippen molar-refractivity contribution in [2.45, 2.75) is 12.3 Å². The Labute approximate surface area is 130 Å². The molecule has 0 radical (unpaired) electrons. The fraction of sp³-hybridized carbons (Fsp3) is 0.200. The zero-order valence-corrected chi connectivity index (χ0v) is 13.1. The Bertz CT molecular complexity index is 555. The molecular formula is C15H12BrCl2F. The lowest BCUT2D eigenvalue weighted by atomic mass is 9.93. The quantitative estimate of drug-likeness (QED) is 0.603. The van der Waals surface area contributed by atoms with E-state index in [2.05, 4.69) is 15.9 Å². The second-order valence-electron chi connectivity index (χ2n) is 4.36. The van der Waals surface area contributed by atoms with E-state index in [1.54, 1.807) is 6.07 Å². The third-order valence-electron chi connectivity index (χ3n) is 2.99. The predicted octanol–water partition coefficient (Wildman–Crippen LogP) is 5.81. The molecule has 0 aliphatic carbocycles. The molecule has 1 unspecified atom stereocenters. The van der Waals surface area contributed by atoms with Gasteiger partial charge in [-0.15, -0.1) is 11.6 Å². The minimum atomic E-state index is -0.386. The van der Waals surface area contributed by atoms with E-state index < -0.39 is 0 Å². The Morgan fingerprint density at radius 2 is 1.79 bits per heavy atom. The maximum atomic E-state index is 13.4. The first-order valence-corrected chi connectivity index (χ1v) is 7.56. The minimum absolute atomic E-state index is 0.148. The molecule has 2 rings (SSSR count). The van der Waals surface area contributed by atoms with Crippen LogP contribution in [0.1, 0.15) is 17.0 Å². The second-order valence-corrected chi connectivity index (χ2v) is 5.99. The summed E-state index contributed by atoms with van der Waals surface area (Å²) in [5.74, 6) is 0.268. The predicted molar refractivity (Wildman–Crippen MR) is 82.7 cm³/mol. The minimum Gasteiger partial charge on any atom is -0.205 e. The lowest BCUT2D eigenvalue weighted by Crippen LogP contribution is -2.05. The van der Waals surface area contributed by atoms with Gasteiger partial charge < -0.3 is 0 Å². The van der Waals surface area contributed by atoms with Crippen LogP contribution in [0.15, 0.2) is 46.9 Å². The van der Waals surface area contributed by atoms with Crippen LogP contribution in [-0.4, -0.2) is 5.88 Å². The molecule has 1 atom stereocenters. The number of halogens is 4. The highest BCUT2D eigenvalue weighted by Gasteiger charge is 2.12. The molecule has 0 aliphatic rings. The smallest absolute Gasteiger partial charge is 0.142 e. The highest BCUT2D eigenvalue weighted by atomic mass is 79.9. The number of alkyl halides is 1. The molecule has 4 heteroatoms. The van der Waals surface area contributed by atoms with Crippen LogP contribution in [-0.2, 0) is 6.42 Å². The van der Waals surface area contributed by atoms with Crippen molar-refractivity contribution in [2.24, 2.45) is 0 Å². The highest BCUT2D eigenvalue weighted by molar-refractivity contribution is 9.10. The Morgan fingerprint density at radius 3 is 2.37 bits per heavy atom. The summed E-state index contributed by atoms with van der Waals surface area (Å²) < 4.78 is 14.4. The van der Waals surface area contributed by atoms with Gasteiger partial charge in [0.1, 0.15) is 5.82 Å². The molecule has 0 nitrogen and oxygen atoms in total. The van der Waals surface area contributed by atoms with Crippen LogP contribution in [0.2, 0.25) is 5.02 Å². The Balaban J connectivity index is 2.18. The van der Waals surface area contributed by atoms with E-state index in [-0.39, 0.29) is 16.8 Å². The average molecular weight is 362 g/mol. The van der Waals surface area contributed by atoms with Crippen molar-refractivity contribution in [1.29, 1.82) is 0 Å². The summed E-state index contributed by atoms with van der Waals surface area (Å²) in [6.07, 6.45) is 0.694. The number of hydrogen-bond acceptors (Lipinski definition) is 0. The molecule has 100 valence electrons. The Hall–Kier alpha value is -0.570. The third-order valence-corrected chi connectivity index (χ3v) is 4.20. The maximum absolute atomic E-state index is 13.4. The molecule has 0 saturated heterocycles. The van der Waals surface area contributed by atoms with Gasteiger partial charge in [-0.25, -0.2) is 4.39 Å². The van der Waals surface area contributed by atoms with Gasteiger partial charge in [0.2, 0.25) is 0 Å². The van der Waals surface area contributed by atoms with Crippen LogP contribution in [0.5, 0.6) is 0 Å². The van der Waals surface area contributed by atoms with E-state index in [0.29, 0.717) is 12.3 Å². The lowest BCUT2D eigenvalue weighted by molar-refractivity contribution is 0.623. The summed E-state index contributed by atoms with van der Waals surface area (Å²) in [5, 5.41) is 0.148. The molecule has 0 heterocycles. The molecule has 0 N–H and O–H groups in total. The van der Waals surface area contributed by atoms with E-state index in [0.717, 1.165) is 15.6 Å². The van der Waals surface area contributed by atoms with E-state index in [1.165, 1.54) is 6.07 Å². The first-order chi connectivity index (χ1) is 9.10. The van der Waals surface area contributed by atoms with Crippen molar-refractivity contribution in [2.75, 3.05) is 5.88 Å². The van der Waals surface area contributed by atoms with Gasteiger partial charge in [0, 0.05) is 16.3 Å². The zero-order chi connectivity index (χ0) is 13.8. The van der Waals surface area contributed by atoms with Crippen molar-refractivity contribution in [3.8, 4) is 0 Å². The molecule has 19 heavy (non-hydrogen) atoms. The number of benzene rings is 2. The van der Waals surface area contributed by atoms with Crippen molar-refractivity contribution >= 4 is 39.1 Å². The summed E-state index contributed by atoms with van der Waals surface area (Å²) in [6.45, 7) is 0. The standard InChI is InChI=1S/C15H12BrCl2F/c16-13-4-2-11(3-5-13)12(9-17)7-10-1-6-14(18)15(19)8-10/h1-6,8,12H,7,9H2. The monoisotopic (exact) mass is 360 g/mol. The molecule has 0 spiro atoms. The van der Waals surface area contributed by atoms with Crippen LogP contribution in [0, 0.1) is 5.82 Å². The summed E-state index contributed by atoms with van der Waals surface area (Å²) >= 11 is 15.1. The largest absolute Gasteiger partial charge is 0.205 e. The van der Waals surface area contributed by atoms with Crippen LogP contribution in [0.25, 0.3) is 0 Å². The van der Waals surface area contributed by atoms with Crippen molar-refractivity contribution < 1.29 is 4.39 Å². The molecule has 0 aliphatic heterocycles. The fourth-order valence-electron chi connectivity index (χ4n) is 1.95. The summed E-state index contributed by atoms with van der Waals surface area (Å²) in [6, 6.07) is 12.9. The molecular weight excluding hydrogens is 350 g/mol. The van der Waals surface area contributed by atoms with Gasteiger partial charge in [-0.3, -0.25) is 0 Å². The first kappa shape index (κ1) is 14.8. The van der Waals surface area contributed by atoms with Gasteiger partial charge >= 0.3 is 0 Å². The van der Waals surface area contributed by atoms with Gasteiger partial charge in [0.25, 0.3) is 0 Å². The Kier molecular flexibility index (Phi) is 5.26. The van der Waals surface area contributed by atoms with Crippen molar-refractivity contribution in [1.82, 2.24) is 0 Å². The van der Waals surface area contributed by atoms with Crippen LogP contribution >= 0.6 is 39.1 Å². The van der Waals surface area contributed by atoms with Crippen LogP contribution < -0.4 is 0 Å². The molecule has 0 amide bonds. The van der Waals surface area contributed by atoms with Gasteiger partial charge in [0.15, 0.2) is 0 Å². The van der Waals surface area contributed by atoms with Gasteiger partial charge in [-0.1, -0.05) is 45.7 Å². The Morgan fingerprint density at radius 1 is 1.11 bits per heavy atom. The van der Waals surface area contributed by atoms with E-state index in [9.17, 15) is 4.39 Å². The first-order valence-electron chi connectivity index (χ1n) is 5.85. The summed E-state index contributed by atoms with van der Waals surface area (Å²) in [7, 11) is 0.